The highest BCUT2D eigenvalue weighted by molar-refractivity contribution is 7.92. The van der Waals surface area contributed by atoms with E-state index in [1.165, 1.54) is 4.90 Å². The minimum atomic E-state index is -3.89. The van der Waals surface area contributed by atoms with Crippen LogP contribution in [0.2, 0.25) is 0 Å². The summed E-state index contributed by atoms with van der Waals surface area (Å²) in [4.78, 5) is 29.4. The first kappa shape index (κ1) is 34.1. The molecule has 0 radical (unpaired) electrons. The van der Waals surface area contributed by atoms with Crippen LogP contribution in [-0.4, -0.2) is 57.6 Å². The van der Waals surface area contributed by atoms with Crippen molar-refractivity contribution in [3.63, 3.8) is 0 Å². The number of nitrogens with zero attached hydrogens (tertiary/aromatic N) is 2. The van der Waals surface area contributed by atoms with E-state index in [1.54, 1.807) is 43.5 Å². The van der Waals surface area contributed by atoms with Gasteiger partial charge in [0, 0.05) is 19.5 Å². The number of anilines is 1. The molecule has 0 unspecified atom stereocenters. The largest absolute Gasteiger partial charge is 0.497 e. The van der Waals surface area contributed by atoms with Gasteiger partial charge in [0.2, 0.25) is 21.8 Å². The number of methoxy groups -OCH3 is 1. The lowest BCUT2D eigenvalue weighted by Crippen LogP contribution is -2.53. The summed E-state index contributed by atoms with van der Waals surface area (Å²) in [6, 6.07) is 32.0. The van der Waals surface area contributed by atoms with Gasteiger partial charge in [-0.1, -0.05) is 79.7 Å². The van der Waals surface area contributed by atoms with E-state index >= 15 is 0 Å². The zero-order valence-electron chi connectivity index (χ0n) is 26.5. The number of carbonyl (C=O) groups excluding carboxylic acids is 2. The molecule has 9 nitrogen and oxygen atoms in total. The molecule has 4 rings (SSSR count). The summed E-state index contributed by atoms with van der Waals surface area (Å²) in [7, 11) is -2.34. The first-order valence-electron chi connectivity index (χ1n) is 15.2. The molecule has 2 amide bonds. The van der Waals surface area contributed by atoms with Crippen LogP contribution in [0, 0.1) is 0 Å². The highest BCUT2D eigenvalue weighted by atomic mass is 32.2. The Balaban J connectivity index is 1.64. The van der Waals surface area contributed by atoms with E-state index in [4.69, 9.17) is 9.47 Å². The van der Waals surface area contributed by atoms with Gasteiger partial charge in [0.1, 0.15) is 30.7 Å². The summed E-state index contributed by atoms with van der Waals surface area (Å²) < 4.78 is 38.5. The summed E-state index contributed by atoms with van der Waals surface area (Å²) in [5, 5.41) is 2.94. The Morgan fingerprint density at radius 1 is 0.804 bits per heavy atom. The van der Waals surface area contributed by atoms with Gasteiger partial charge in [0.05, 0.1) is 19.1 Å². The minimum Gasteiger partial charge on any atom is -0.497 e. The van der Waals surface area contributed by atoms with Crippen LogP contribution in [0.4, 0.5) is 5.69 Å². The summed E-state index contributed by atoms with van der Waals surface area (Å²) in [5.41, 5.74) is 2.91. The maximum atomic E-state index is 14.3. The summed E-state index contributed by atoms with van der Waals surface area (Å²) in [6.07, 6.45) is 2.03. The fraction of sp³-hybridized carbons (Fsp3) is 0.278. The topological polar surface area (TPSA) is 105 Å². The average Bonchev–Trinajstić information content (AvgIpc) is 3.07. The molecule has 0 spiro atoms. The predicted molar refractivity (Wildman–Crippen MR) is 180 cm³/mol. The molecule has 4 aromatic rings. The molecule has 0 aliphatic rings. The first-order valence-corrected chi connectivity index (χ1v) is 17.0. The number of sulfonamides is 1. The molecule has 0 aliphatic carbocycles. The van der Waals surface area contributed by atoms with Crippen LogP contribution in [0.25, 0.3) is 0 Å². The molecule has 0 saturated carbocycles. The Kier molecular flexibility index (Phi) is 12.2. The van der Waals surface area contributed by atoms with Crippen LogP contribution in [-0.2, 0) is 39.2 Å². The molecular formula is C36H41N3O6S. The molecule has 1 N–H and O–H groups in total. The van der Waals surface area contributed by atoms with Crippen LogP contribution >= 0.6 is 0 Å². The molecule has 1 atom stereocenters. The van der Waals surface area contributed by atoms with Gasteiger partial charge in [-0.25, -0.2) is 8.42 Å². The lowest BCUT2D eigenvalue weighted by molar-refractivity contribution is -0.140. The Labute approximate surface area is 271 Å². The third kappa shape index (κ3) is 9.84. The Bertz CT molecular complexity index is 1670. The van der Waals surface area contributed by atoms with Crippen molar-refractivity contribution < 1.29 is 27.5 Å². The second kappa shape index (κ2) is 16.5. The van der Waals surface area contributed by atoms with E-state index in [-0.39, 0.29) is 18.9 Å². The summed E-state index contributed by atoms with van der Waals surface area (Å²) >= 11 is 0. The highest BCUT2D eigenvalue weighted by Gasteiger charge is 2.33. The van der Waals surface area contributed by atoms with Crippen molar-refractivity contribution in [3.05, 3.63) is 126 Å². The van der Waals surface area contributed by atoms with Crippen LogP contribution < -0.4 is 19.1 Å². The van der Waals surface area contributed by atoms with Crippen molar-refractivity contribution in [2.75, 3.05) is 30.8 Å². The van der Waals surface area contributed by atoms with Gasteiger partial charge in [-0.15, -0.1) is 0 Å². The van der Waals surface area contributed by atoms with Crippen molar-refractivity contribution in [1.82, 2.24) is 10.2 Å². The molecule has 0 heterocycles. The lowest BCUT2D eigenvalue weighted by atomic mass is 10.0. The Morgan fingerprint density at radius 2 is 1.43 bits per heavy atom. The number of benzene rings is 4. The molecule has 10 heteroatoms. The van der Waals surface area contributed by atoms with Crippen LogP contribution in [0.1, 0.15) is 30.0 Å². The SMILES string of the molecule is CCCNC(=O)[C@H](Cc1ccccc1)N(Cc1cccc(OC)c1)C(=O)CN(c1ccc(OCc2ccccc2)cc1)S(C)(=O)=O. The van der Waals surface area contributed by atoms with Crippen LogP contribution in [0.15, 0.2) is 109 Å². The molecule has 0 saturated heterocycles. The molecule has 0 aliphatic heterocycles. The fourth-order valence-corrected chi connectivity index (χ4v) is 5.80. The number of nitrogens with one attached hydrogen (secondary N) is 1. The normalized spacial score (nSPS) is 11.7. The number of amides is 2. The van der Waals surface area contributed by atoms with E-state index in [9.17, 15) is 18.0 Å². The average molecular weight is 644 g/mol. The zero-order valence-corrected chi connectivity index (χ0v) is 27.3. The minimum absolute atomic E-state index is 0.0664. The maximum absolute atomic E-state index is 14.3. The quantitative estimate of drug-likeness (QED) is 0.180. The van der Waals surface area contributed by atoms with Gasteiger partial charge in [0.25, 0.3) is 0 Å². The van der Waals surface area contributed by atoms with E-state index < -0.39 is 28.5 Å². The first-order chi connectivity index (χ1) is 22.2. The molecule has 46 heavy (non-hydrogen) atoms. The van der Waals surface area contributed by atoms with Gasteiger partial charge in [0.15, 0.2) is 0 Å². The van der Waals surface area contributed by atoms with E-state index in [0.29, 0.717) is 30.3 Å². The van der Waals surface area contributed by atoms with Gasteiger partial charge in [-0.2, -0.15) is 0 Å². The molecule has 242 valence electrons. The highest BCUT2D eigenvalue weighted by Crippen LogP contribution is 2.24. The van der Waals surface area contributed by atoms with E-state index in [2.05, 4.69) is 5.32 Å². The fourth-order valence-electron chi connectivity index (χ4n) is 4.95. The van der Waals surface area contributed by atoms with Crippen molar-refractivity contribution in [2.45, 2.75) is 39.0 Å². The van der Waals surface area contributed by atoms with Gasteiger partial charge >= 0.3 is 0 Å². The van der Waals surface area contributed by atoms with Crippen molar-refractivity contribution in [2.24, 2.45) is 0 Å². The predicted octanol–water partition coefficient (Wildman–Crippen LogP) is 5.21. The maximum Gasteiger partial charge on any atom is 0.244 e. The smallest absolute Gasteiger partial charge is 0.244 e. The zero-order chi connectivity index (χ0) is 32.9. The summed E-state index contributed by atoms with van der Waals surface area (Å²) in [5.74, 6) is 0.327. The number of ether oxygens (including phenoxy) is 2. The number of hydrogen-bond donors (Lipinski definition) is 1. The lowest BCUT2D eigenvalue weighted by Gasteiger charge is -2.33. The van der Waals surface area contributed by atoms with Crippen LogP contribution in [0.5, 0.6) is 11.5 Å². The van der Waals surface area contributed by atoms with E-state index in [1.807, 2.05) is 79.7 Å². The van der Waals surface area contributed by atoms with Gasteiger partial charge in [-0.3, -0.25) is 13.9 Å². The monoisotopic (exact) mass is 643 g/mol. The van der Waals surface area contributed by atoms with Crippen molar-refractivity contribution in [1.29, 1.82) is 0 Å². The van der Waals surface area contributed by atoms with Crippen molar-refractivity contribution >= 4 is 27.5 Å². The molecule has 4 aromatic carbocycles. The van der Waals surface area contributed by atoms with Crippen LogP contribution in [0.3, 0.4) is 0 Å². The van der Waals surface area contributed by atoms with Crippen molar-refractivity contribution in [3.8, 4) is 11.5 Å². The Morgan fingerprint density at radius 3 is 2.04 bits per heavy atom. The van der Waals surface area contributed by atoms with Gasteiger partial charge < -0.3 is 19.7 Å². The third-order valence-electron chi connectivity index (χ3n) is 7.36. The number of hydrogen-bond acceptors (Lipinski definition) is 6. The number of rotatable bonds is 16. The Hall–Kier alpha value is -4.83. The van der Waals surface area contributed by atoms with Gasteiger partial charge in [-0.05, 0) is 59.5 Å². The second-order valence-electron chi connectivity index (χ2n) is 10.9. The molecule has 0 bridgehead atoms. The second-order valence-corrected chi connectivity index (χ2v) is 12.8. The van der Waals surface area contributed by atoms with E-state index in [0.717, 1.165) is 33.7 Å². The number of carbonyl (C=O) groups is 2. The summed E-state index contributed by atoms with van der Waals surface area (Å²) in [6.45, 7) is 2.32. The third-order valence-corrected chi connectivity index (χ3v) is 8.50. The molecule has 0 aromatic heterocycles. The molecule has 0 fully saturated rings. The standard InChI is InChI=1S/C36H41N3O6S/c1-4-22-37-36(41)34(24-28-12-7-5-8-13-28)38(25-30-16-11-17-33(23-30)44-2)35(40)26-39(46(3,42)43)31-18-20-32(21-19-31)45-27-29-14-9-6-10-15-29/h5-21,23,34H,4,22,24-27H2,1-3H3,(H,37,41)/t34-/m0/s1. The molecular weight excluding hydrogens is 602 g/mol.